The van der Waals surface area contributed by atoms with Gasteiger partial charge in [-0.2, -0.15) is 0 Å². The monoisotopic (exact) mass is 354 g/mol. The molecule has 25 heavy (non-hydrogen) atoms. The fourth-order valence-corrected chi connectivity index (χ4v) is 3.69. The van der Waals surface area contributed by atoms with Gasteiger partial charge in [0.05, 0.1) is 11.6 Å². The molecule has 1 aliphatic heterocycles. The van der Waals surface area contributed by atoms with Gasteiger partial charge < -0.3 is 10.2 Å². The second-order valence-electron chi connectivity index (χ2n) is 6.80. The van der Waals surface area contributed by atoms with Crippen molar-refractivity contribution in [2.45, 2.75) is 51.0 Å². The maximum absolute atomic E-state index is 13.7. The van der Waals surface area contributed by atoms with Gasteiger partial charge in [0, 0.05) is 19.0 Å². The molecule has 1 aromatic carbocycles. The molecule has 0 bridgehead atoms. The summed E-state index contributed by atoms with van der Waals surface area (Å²) in [7, 11) is 0. The van der Waals surface area contributed by atoms with Crippen LogP contribution in [0.15, 0.2) is 12.1 Å². The zero-order valence-corrected chi connectivity index (χ0v) is 13.9. The lowest BCUT2D eigenvalue weighted by atomic mass is 10.1. The number of nitrogens with zero attached hydrogens (tertiary/aromatic N) is 1. The number of hydrogen-bond donors (Lipinski definition) is 1. The van der Waals surface area contributed by atoms with Crippen molar-refractivity contribution in [2.24, 2.45) is 5.92 Å². The van der Waals surface area contributed by atoms with Crippen molar-refractivity contribution in [3.8, 4) is 0 Å². The van der Waals surface area contributed by atoms with Gasteiger partial charge in [0.2, 0.25) is 11.8 Å². The van der Waals surface area contributed by atoms with Crippen molar-refractivity contribution in [1.82, 2.24) is 4.90 Å². The molecule has 1 unspecified atom stereocenters. The van der Waals surface area contributed by atoms with Gasteiger partial charge in [-0.3, -0.25) is 9.59 Å². The highest BCUT2D eigenvalue weighted by Crippen LogP contribution is 2.29. The zero-order chi connectivity index (χ0) is 18.0. The fraction of sp³-hybridized carbons (Fsp3) is 0.556. The second kappa shape index (κ2) is 7.45. The van der Waals surface area contributed by atoms with E-state index >= 15 is 0 Å². The van der Waals surface area contributed by atoms with Crippen molar-refractivity contribution in [2.75, 3.05) is 11.9 Å². The Hall–Kier alpha value is -2.05. The Bertz CT molecular complexity index is 673. The van der Waals surface area contributed by atoms with Crippen LogP contribution in [0.5, 0.6) is 0 Å². The van der Waals surface area contributed by atoms with Gasteiger partial charge in [0.15, 0.2) is 17.5 Å². The molecule has 2 amide bonds. The molecule has 0 radical (unpaired) electrons. The van der Waals surface area contributed by atoms with E-state index in [4.69, 9.17) is 0 Å². The second-order valence-corrected chi connectivity index (χ2v) is 6.80. The van der Waals surface area contributed by atoms with Crippen LogP contribution in [0.1, 0.15) is 44.9 Å². The highest BCUT2D eigenvalue weighted by atomic mass is 19.2. The van der Waals surface area contributed by atoms with Crippen molar-refractivity contribution < 1.29 is 22.8 Å². The van der Waals surface area contributed by atoms with Crippen LogP contribution < -0.4 is 5.32 Å². The van der Waals surface area contributed by atoms with Crippen molar-refractivity contribution in [1.29, 1.82) is 0 Å². The van der Waals surface area contributed by atoms with Gasteiger partial charge in [0.25, 0.3) is 0 Å². The van der Waals surface area contributed by atoms with E-state index in [1.807, 2.05) is 0 Å². The zero-order valence-electron chi connectivity index (χ0n) is 13.9. The summed E-state index contributed by atoms with van der Waals surface area (Å²) in [6.07, 6.45) is 6.43. The van der Waals surface area contributed by atoms with E-state index in [0.29, 0.717) is 6.54 Å². The third-order valence-electron chi connectivity index (χ3n) is 5.09. The van der Waals surface area contributed by atoms with E-state index < -0.39 is 35.0 Å². The summed E-state index contributed by atoms with van der Waals surface area (Å²) >= 11 is 0. The minimum absolute atomic E-state index is 0.0631. The van der Waals surface area contributed by atoms with Crippen LogP contribution in [-0.4, -0.2) is 29.3 Å². The first-order chi connectivity index (χ1) is 12.0. The van der Waals surface area contributed by atoms with Crippen LogP contribution in [0.4, 0.5) is 18.9 Å². The Morgan fingerprint density at radius 3 is 2.40 bits per heavy atom. The number of anilines is 1. The first-order valence-electron chi connectivity index (χ1n) is 8.71. The smallest absolute Gasteiger partial charge is 0.229 e. The quantitative estimate of drug-likeness (QED) is 0.666. The minimum atomic E-state index is -1.62. The largest absolute Gasteiger partial charge is 0.339 e. The molecule has 1 aliphatic carbocycles. The Morgan fingerprint density at radius 1 is 1.04 bits per heavy atom. The van der Waals surface area contributed by atoms with Gasteiger partial charge >= 0.3 is 0 Å². The lowest BCUT2D eigenvalue weighted by Crippen LogP contribution is -2.37. The summed E-state index contributed by atoms with van der Waals surface area (Å²) < 4.78 is 39.9. The Balaban J connectivity index is 1.65. The minimum Gasteiger partial charge on any atom is -0.339 e. The van der Waals surface area contributed by atoms with E-state index in [1.54, 1.807) is 4.90 Å². The molecule has 2 fully saturated rings. The van der Waals surface area contributed by atoms with Gasteiger partial charge in [0.1, 0.15) is 0 Å². The summed E-state index contributed by atoms with van der Waals surface area (Å²) in [4.78, 5) is 26.4. The molecule has 1 saturated heterocycles. The highest BCUT2D eigenvalue weighted by Gasteiger charge is 2.38. The summed E-state index contributed by atoms with van der Waals surface area (Å²) in [5.74, 6) is -5.60. The van der Waals surface area contributed by atoms with Crippen molar-refractivity contribution >= 4 is 17.5 Å². The van der Waals surface area contributed by atoms with E-state index in [1.165, 1.54) is 0 Å². The summed E-state index contributed by atoms with van der Waals surface area (Å²) in [6.45, 7) is 0.292. The molecule has 3 rings (SSSR count). The number of carbonyl (C=O) groups excluding carboxylic acids is 2. The molecule has 136 valence electrons. The number of benzene rings is 1. The first kappa shape index (κ1) is 17.8. The van der Waals surface area contributed by atoms with E-state index in [2.05, 4.69) is 5.32 Å². The molecule has 4 nitrogen and oxygen atoms in total. The topological polar surface area (TPSA) is 49.4 Å². The average molecular weight is 354 g/mol. The Kier molecular flexibility index (Phi) is 5.30. The molecular formula is C18H21F3N2O2. The highest BCUT2D eigenvalue weighted by molar-refractivity contribution is 5.97. The lowest BCUT2D eigenvalue weighted by Gasteiger charge is -2.27. The number of halogens is 3. The molecular weight excluding hydrogens is 333 g/mol. The maximum Gasteiger partial charge on any atom is 0.229 e. The Labute approximate surface area is 144 Å². The molecule has 1 N–H and O–H groups in total. The third kappa shape index (κ3) is 3.80. The molecule has 1 heterocycles. The van der Waals surface area contributed by atoms with Gasteiger partial charge in [-0.05, 0) is 25.0 Å². The summed E-state index contributed by atoms with van der Waals surface area (Å²) in [6, 6.07) is 1.89. The van der Waals surface area contributed by atoms with Crippen LogP contribution in [0.3, 0.4) is 0 Å². The van der Waals surface area contributed by atoms with Gasteiger partial charge in [-0.25, -0.2) is 13.2 Å². The molecule has 7 heteroatoms. The summed E-state index contributed by atoms with van der Waals surface area (Å²) in [5, 5.41) is 2.28. The Morgan fingerprint density at radius 2 is 1.72 bits per heavy atom. The van der Waals surface area contributed by atoms with Crippen molar-refractivity contribution in [3.63, 3.8) is 0 Å². The molecule has 1 saturated carbocycles. The molecule has 0 aromatic heterocycles. The fourth-order valence-electron chi connectivity index (χ4n) is 3.69. The standard InChI is InChI=1S/C18H21F3N2O2/c19-13-7-8-14(17(21)16(13)20)22-18(25)11-9-15(24)23(10-11)12-5-3-1-2-4-6-12/h7-8,11-12H,1-6,9-10H2,(H,22,25). The van der Waals surface area contributed by atoms with Gasteiger partial charge in [-0.1, -0.05) is 25.7 Å². The third-order valence-corrected chi connectivity index (χ3v) is 5.09. The van der Waals surface area contributed by atoms with Crippen LogP contribution in [0.25, 0.3) is 0 Å². The molecule has 1 aromatic rings. The number of likely N-dealkylation sites (tertiary alicyclic amines) is 1. The summed E-state index contributed by atoms with van der Waals surface area (Å²) in [5.41, 5.74) is -0.413. The first-order valence-corrected chi connectivity index (χ1v) is 8.71. The predicted octanol–water partition coefficient (Wildman–Crippen LogP) is 3.61. The van der Waals surface area contributed by atoms with E-state index in [-0.39, 0.29) is 18.4 Å². The SMILES string of the molecule is O=C(Nc1ccc(F)c(F)c1F)C1CC(=O)N(C2CCCCCC2)C1. The lowest BCUT2D eigenvalue weighted by molar-refractivity contribution is -0.130. The van der Waals surface area contributed by atoms with Crippen molar-refractivity contribution in [3.05, 3.63) is 29.6 Å². The number of amides is 2. The van der Waals surface area contributed by atoms with E-state index in [0.717, 1.165) is 50.7 Å². The van der Waals surface area contributed by atoms with Gasteiger partial charge in [-0.15, -0.1) is 0 Å². The maximum atomic E-state index is 13.7. The van der Waals surface area contributed by atoms with Crippen LogP contribution in [0.2, 0.25) is 0 Å². The van der Waals surface area contributed by atoms with Crippen LogP contribution in [0, 0.1) is 23.4 Å². The molecule has 2 aliphatic rings. The number of rotatable bonds is 3. The van der Waals surface area contributed by atoms with Crippen LogP contribution >= 0.6 is 0 Å². The normalized spacial score (nSPS) is 22.1. The number of hydrogen-bond acceptors (Lipinski definition) is 2. The van der Waals surface area contributed by atoms with E-state index in [9.17, 15) is 22.8 Å². The number of carbonyl (C=O) groups is 2. The molecule has 1 atom stereocenters. The predicted molar refractivity (Wildman–Crippen MR) is 86.3 cm³/mol. The van der Waals surface area contributed by atoms with Crippen LogP contribution in [-0.2, 0) is 9.59 Å². The average Bonchev–Trinajstić information content (AvgIpc) is 2.81. The molecule has 0 spiro atoms. The number of nitrogens with one attached hydrogen (secondary N) is 1.